The van der Waals surface area contributed by atoms with Crippen LogP contribution in [0.15, 0.2) is 140 Å². The van der Waals surface area contributed by atoms with Crippen molar-refractivity contribution < 1.29 is 102 Å². The van der Waals surface area contributed by atoms with E-state index in [4.69, 9.17) is 11.5 Å². The minimum Gasteiger partial charge on any atom is -0.508 e. The Morgan fingerprint density at radius 2 is 0.891 bits per heavy atom. The molecule has 0 spiro atoms. The quantitative estimate of drug-likeness (QED) is 0.0292. The molecule has 1 aliphatic heterocycles. The number of hydrogen-bond donors (Lipinski definition) is 20. The van der Waals surface area contributed by atoms with Crippen LogP contribution in [-0.4, -0.2) is 226 Å². The summed E-state index contributed by atoms with van der Waals surface area (Å²) < 4.78 is 0. The number of phenolic OH excluding ortho intramolecular Hbond substituents is 1. The highest BCUT2D eigenvalue weighted by molar-refractivity contribution is 8.00. The molecule has 39 nitrogen and oxygen atoms in total. The maximum atomic E-state index is 15.3. The second-order valence-electron chi connectivity index (χ2n) is 32.3. The van der Waals surface area contributed by atoms with E-state index in [0.29, 0.717) is 48.8 Å². The number of hydrogen-bond acceptors (Lipinski definition) is 22. The molecule has 0 radical (unpaired) electrons. The Balaban J connectivity index is 1.30. The number of aromatic nitrogens is 3. The highest BCUT2D eigenvalue weighted by Crippen LogP contribution is 2.23. The van der Waals surface area contributed by atoms with Crippen molar-refractivity contribution in [3.63, 3.8) is 0 Å². The molecule has 7 rings (SSSR count). The van der Waals surface area contributed by atoms with Crippen LogP contribution in [0.4, 0.5) is 5.82 Å². The molecule has 0 aliphatic carbocycles. The molecule has 2 aromatic heterocycles. The lowest BCUT2D eigenvalue weighted by Gasteiger charge is -2.30. The number of amides is 14. The third-order valence-electron chi connectivity index (χ3n) is 20.9. The number of carboxylic acid groups (broad SMARTS) is 3. The number of H-pyrrole nitrogens is 1. The fraction of sp³-hybridized carbons (Fsp3) is 0.449. The summed E-state index contributed by atoms with van der Waals surface area (Å²) in [5, 5.41) is 73.9. The first-order valence-electron chi connectivity index (χ1n) is 42.5. The Labute approximate surface area is 749 Å². The number of pyridine rings is 1. The maximum Gasteiger partial charge on any atom is 0.305 e. The van der Waals surface area contributed by atoms with E-state index >= 15 is 19.2 Å². The fourth-order valence-corrected chi connectivity index (χ4v) is 14.8. The van der Waals surface area contributed by atoms with Crippen LogP contribution in [0.3, 0.4) is 0 Å². The van der Waals surface area contributed by atoms with Crippen molar-refractivity contribution in [3.8, 4) is 16.9 Å². The number of unbranched alkanes of at least 4 members (excludes halogenated alkanes) is 3. The first-order valence-corrected chi connectivity index (χ1v) is 43.7. The molecular weight excluding hydrogens is 1690 g/mol. The van der Waals surface area contributed by atoms with E-state index in [1.807, 2.05) is 67.6 Å². The summed E-state index contributed by atoms with van der Waals surface area (Å²) in [6.45, 7) is 9.56. The topological polar surface area (TPSA) is 621 Å². The van der Waals surface area contributed by atoms with Gasteiger partial charge in [-0.2, -0.15) is 0 Å². The molecule has 4 aromatic carbocycles. The number of carbonyl (C=O) groups excluding carboxylic acids is 14. The van der Waals surface area contributed by atoms with Crippen molar-refractivity contribution in [1.82, 2.24) is 84.1 Å². The minimum absolute atomic E-state index is 0.0211. The molecule has 694 valence electrons. The molecule has 0 unspecified atom stereocenters. The number of nitrogens with one attached hydrogen (secondary N) is 14. The Morgan fingerprint density at radius 3 is 1.39 bits per heavy atom. The zero-order chi connectivity index (χ0) is 94.4. The Morgan fingerprint density at radius 1 is 0.450 bits per heavy atom. The molecule has 22 N–H and O–H groups in total. The van der Waals surface area contributed by atoms with E-state index in [2.05, 4.69) is 84.1 Å². The monoisotopic (exact) mass is 1800 g/mol. The van der Waals surface area contributed by atoms with Crippen molar-refractivity contribution in [1.29, 1.82) is 0 Å². The van der Waals surface area contributed by atoms with Gasteiger partial charge in [0.15, 0.2) is 0 Å². The van der Waals surface area contributed by atoms with Crippen molar-refractivity contribution in [2.24, 2.45) is 17.6 Å². The van der Waals surface area contributed by atoms with Gasteiger partial charge < -0.3 is 106 Å². The number of primary amides is 1. The predicted molar refractivity (Wildman–Crippen MR) is 473 cm³/mol. The van der Waals surface area contributed by atoms with Crippen LogP contribution in [0, 0.1) is 11.8 Å². The molecule has 3 heterocycles. The Kier molecular flexibility index (Phi) is 41.0. The molecule has 13 atom stereocenters. The summed E-state index contributed by atoms with van der Waals surface area (Å²) in [4.78, 5) is 254. The maximum absolute atomic E-state index is 15.3. The fourth-order valence-electron chi connectivity index (χ4n) is 13.9. The number of benzene rings is 4. The average Bonchev–Trinajstić information content (AvgIpc) is 1.84. The molecule has 0 bridgehead atoms. The van der Waals surface area contributed by atoms with Gasteiger partial charge in [-0.1, -0.05) is 157 Å². The van der Waals surface area contributed by atoms with Crippen LogP contribution in [0.2, 0.25) is 0 Å². The number of nitrogen functional groups attached to an aromatic ring is 1. The van der Waals surface area contributed by atoms with Crippen molar-refractivity contribution >= 4 is 118 Å². The van der Waals surface area contributed by atoms with Crippen LogP contribution in [0.5, 0.6) is 5.75 Å². The third-order valence-corrected chi connectivity index (χ3v) is 21.9. The van der Waals surface area contributed by atoms with Gasteiger partial charge in [0.25, 0.3) is 0 Å². The Bertz CT molecular complexity index is 4840. The molecular formula is C89H116N18O21S. The van der Waals surface area contributed by atoms with E-state index < -0.39 is 235 Å². The number of imidazole rings is 1. The molecule has 0 saturated carbocycles. The first-order chi connectivity index (χ1) is 61.4. The van der Waals surface area contributed by atoms with E-state index in [9.17, 15) is 82.8 Å². The molecule has 1 saturated heterocycles. The number of thioether (sulfide) groups is 1. The van der Waals surface area contributed by atoms with Gasteiger partial charge in [-0.3, -0.25) is 81.5 Å². The lowest BCUT2D eigenvalue weighted by molar-refractivity contribution is -0.142. The number of aromatic hydroxyl groups is 1. The Hall–Kier alpha value is -13.8. The molecule has 14 amide bonds. The summed E-state index contributed by atoms with van der Waals surface area (Å²) in [7, 11) is 0. The number of aryl methyl sites for hydroxylation is 1. The van der Waals surface area contributed by atoms with E-state index in [0.717, 1.165) is 28.5 Å². The van der Waals surface area contributed by atoms with E-state index in [1.165, 1.54) is 75.9 Å². The van der Waals surface area contributed by atoms with Gasteiger partial charge in [-0.05, 0) is 115 Å². The van der Waals surface area contributed by atoms with Gasteiger partial charge in [0, 0.05) is 50.3 Å². The SMILES string of the molecule is CCCCC[C@@H]1NC(=O)[C@H](Cc2ccnc(N)c2)NC(=O)[C@H](C)NC(=O)CSC[C@@H](C(N)=O)NC(=O)[C@H](CC(=O)O)NC(=O)[C@H](CCCCc2ccccc2)NC(=O)[C@H](Cc2ccc(-c3ccccc3)cc2)NC(=O)[C@H](CC(C)C)NC(=O)[C@H](C(C)C)NC(=O)[C@H](CCC(=O)O)NC(=O)[C@H](CC(=O)O)NC(=O)[C@H](Cc2c[nH]cn2)NC(=O)[C@H](Cc2ccc(O)cc2)NC1=O. The highest BCUT2D eigenvalue weighted by Gasteiger charge is 2.40. The number of rotatable bonds is 29. The van der Waals surface area contributed by atoms with E-state index in [-0.39, 0.29) is 62.2 Å². The van der Waals surface area contributed by atoms with Crippen LogP contribution >= 0.6 is 11.8 Å². The number of aliphatic carboxylic acids is 3. The minimum atomic E-state index is -2.14. The number of nitrogens with two attached hydrogens (primary N) is 2. The van der Waals surface area contributed by atoms with Crippen LogP contribution < -0.4 is 80.6 Å². The van der Waals surface area contributed by atoms with Gasteiger partial charge in [-0.25, -0.2) is 9.97 Å². The molecule has 1 fully saturated rings. The summed E-state index contributed by atoms with van der Waals surface area (Å²) in [5.74, 6) is -22.3. The average molecular weight is 1810 g/mol. The van der Waals surface area contributed by atoms with Crippen molar-refractivity contribution in [2.45, 2.75) is 229 Å². The number of carboxylic acids is 3. The molecule has 1 aliphatic rings. The molecule has 129 heavy (non-hydrogen) atoms. The number of phenols is 1. The van der Waals surface area contributed by atoms with Gasteiger partial charge in [0.05, 0.1) is 30.6 Å². The third kappa shape index (κ3) is 35.2. The lowest BCUT2D eigenvalue weighted by Crippen LogP contribution is -2.62. The molecule has 40 heteroatoms. The largest absolute Gasteiger partial charge is 0.508 e. The second kappa shape index (κ2) is 51.7. The standard InChI is InChI=1S/C89H116N18O21S/c1-7-8-11-23-60-79(118)100-65(39-54-27-31-59(108)32-28-54)85(124)102-67(42-58-45-92-48-94-58)86(125)104-68(43-74(112)113)87(126)98-62(33-34-73(110)111)81(120)107-76(50(4)5)89(128)105-63(37-49(2)3)82(121)101-64(38-53-25-29-57(30-26-53)56-21-14-10-15-22-56)83(122)97-61(24-17-16-20-52-18-12-9-13-19-52)80(119)103-69(44-75(114)115)88(127)106-70(77(91)116)46-129-47-72(109)95-51(6)78(117)99-66(84(123)96-60)40-55-35-36-93-71(90)41-55/h9-10,12-15,18-19,21-22,25-32,35-36,41,45,48-51,60-70,76,108H,7-8,11,16-17,20,23-24,33-34,37-40,42-44,46-47H2,1-6H3,(H2,90,93)(H2,91,116)(H,92,94)(H,95,109)(H,96,123)(H,97,122)(H,98,126)(H,99,117)(H,100,118)(H,101,121)(H,102,124)(H,103,119)(H,104,125)(H,105,128)(H,106,127)(H,107,120)(H,110,111)(H,112,113)(H,114,115)/t51-,60-,61-,62-,63-,64-,65-,66-,67-,68-,69-,70-,76-/m0/s1. The summed E-state index contributed by atoms with van der Waals surface area (Å²) in [6, 6.07) is 11.7. The van der Waals surface area contributed by atoms with Gasteiger partial charge >= 0.3 is 17.9 Å². The zero-order valence-electron chi connectivity index (χ0n) is 72.6. The zero-order valence-corrected chi connectivity index (χ0v) is 73.4. The van der Waals surface area contributed by atoms with Crippen LogP contribution in [0.1, 0.15) is 147 Å². The lowest BCUT2D eigenvalue weighted by atomic mass is 9.97. The van der Waals surface area contributed by atoms with E-state index in [1.54, 1.807) is 38.1 Å². The number of carbonyl (C=O) groups is 17. The second-order valence-corrected chi connectivity index (χ2v) is 33.3. The normalized spacial score (nSPS) is 22.6. The molecule has 6 aromatic rings. The first kappa shape index (κ1) is 102. The summed E-state index contributed by atoms with van der Waals surface area (Å²) in [5.41, 5.74) is 15.6. The van der Waals surface area contributed by atoms with Gasteiger partial charge in [0.1, 0.15) is 90.1 Å². The van der Waals surface area contributed by atoms with Crippen LogP contribution in [-0.2, 0) is 114 Å². The highest BCUT2D eigenvalue weighted by atomic mass is 32.2. The number of anilines is 1. The van der Waals surface area contributed by atoms with Gasteiger partial charge in [0.2, 0.25) is 82.7 Å². The van der Waals surface area contributed by atoms with Gasteiger partial charge in [-0.15, -0.1) is 11.8 Å². The predicted octanol–water partition coefficient (Wildman–Crippen LogP) is 1.09. The van der Waals surface area contributed by atoms with Crippen molar-refractivity contribution in [3.05, 3.63) is 168 Å². The van der Waals surface area contributed by atoms with Crippen LogP contribution in [0.25, 0.3) is 11.1 Å². The number of nitrogens with zero attached hydrogens (tertiary/aromatic N) is 2. The smallest absolute Gasteiger partial charge is 0.305 e. The van der Waals surface area contributed by atoms with Crippen molar-refractivity contribution in [2.75, 3.05) is 17.2 Å². The summed E-state index contributed by atoms with van der Waals surface area (Å²) in [6.07, 6.45) is 0.769. The number of aromatic amines is 1. The summed E-state index contributed by atoms with van der Waals surface area (Å²) >= 11 is 0.733.